The van der Waals surface area contributed by atoms with Crippen molar-refractivity contribution in [1.29, 1.82) is 0 Å². The summed E-state index contributed by atoms with van der Waals surface area (Å²) in [5, 5.41) is 0. The Hall–Kier alpha value is -2.60. The topological polar surface area (TPSA) is 72.5 Å². The molecule has 0 spiro atoms. The Kier molecular flexibility index (Phi) is 7.61. The monoisotopic (exact) mass is 387 g/mol. The number of hydrogen-bond donors (Lipinski definition) is 1. The molecule has 2 rings (SSSR count). The summed E-state index contributed by atoms with van der Waals surface area (Å²) in [6, 6.07) is 13.9. The average Bonchev–Trinajstić information content (AvgIpc) is 2.63. The third-order valence-corrected chi connectivity index (χ3v) is 4.40. The lowest BCUT2D eigenvalue weighted by molar-refractivity contribution is 0.104. The molecular weight excluding hydrogens is 362 g/mol. The molecule has 0 aromatic heterocycles. The van der Waals surface area contributed by atoms with Crippen LogP contribution in [0.1, 0.15) is 42.1 Å². The SMILES string of the molecule is CCCCCOc1ccc(/C=C/C(=O)c2ccc(NS(C)(=O)=O)cc2)cc1. The standard InChI is InChI=1S/C21H25NO4S/c1-3-4-5-16-26-20-13-6-17(7-14-20)8-15-21(23)18-9-11-19(12-10-18)22-27(2,24)25/h6-15,22H,3-5,16H2,1-2H3/b15-8+. The van der Waals surface area contributed by atoms with Crippen molar-refractivity contribution in [2.24, 2.45) is 0 Å². The van der Waals surface area contributed by atoms with E-state index in [4.69, 9.17) is 4.74 Å². The molecular formula is C21H25NO4S. The van der Waals surface area contributed by atoms with Crippen molar-refractivity contribution in [3.05, 3.63) is 65.7 Å². The van der Waals surface area contributed by atoms with Crippen molar-refractivity contribution >= 4 is 27.6 Å². The van der Waals surface area contributed by atoms with E-state index in [9.17, 15) is 13.2 Å². The zero-order valence-electron chi connectivity index (χ0n) is 15.6. The lowest BCUT2D eigenvalue weighted by Crippen LogP contribution is -2.09. The lowest BCUT2D eigenvalue weighted by atomic mass is 10.1. The number of ketones is 1. The third-order valence-electron chi connectivity index (χ3n) is 3.80. The van der Waals surface area contributed by atoms with Crippen LogP contribution in [0.3, 0.4) is 0 Å². The van der Waals surface area contributed by atoms with E-state index in [0.717, 1.165) is 36.8 Å². The fraction of sp³-hybridized carbons (Fsp3) is 0.286. The van der Waals surface area contributed by atoms with Crippen molar-refractivity contribution in [3.63, 3.8) is 0 Å². The molecule has 0 saturated heterocycles. The van der Waals surface area contributed by atoms with E-state index in [1.807, 2.05) is 24.3 Å². The van der Waals surface area contributed by atoms with Crippen LogP contribution in [-0.2, 0) is 10.0 Å². The average molecular weight is 388 g/mol. The molecule has 0 aliphatic rings. The normalized spacial score (nSPS) is 11.5. The summed E-state index contributed by atoms with van der Waals surface area (Å²) in [6.45, 7) is 2.87. The van der Waals surface area contributed by atoms with Crippen LogP contribution < -0.4 is 9.46 Å². The Morgan fingerprint density at radius 1 is 1.04 bits per heavy atom. The molecule has 0 heterocycles. The highest BCUT2D eigenvalue weighted by molar-refractivity contribution is 7.92. The van der Waals surface area contributed by atoms with Crippen LogP contribution in [0.15, 0.2) is 54.6 Å². The van der Waals surface area contributed by atoms with Crippen LogP contribution in [0.4, 0.5) is 5.69 Å². The minimum Gasteiger partial charge on any atom is -0.494 e. The maximum Gasteiger partial charge on any atom is 0.229 e. The molecule has 1 N–H and O–H groups in total. The van der Waals surface area contributed by atoms with Gasteiger partial charge in [-0.3, -0.25) is 9.52 Å². The summed E-state index contributed by atoms with van der Waals surface area (Å²) in [5.41, 5.74) is 1.81. The molecule has 0 radical (unpaired) electrons. The molecule has 0 aliphatic heterocycles. The van der Waals surface area contributed by atoms with Crippen LogP contribution in [-0.4, -0.2) is 27.1 Å². The quantitative estimate of drug-likeness (QED) is 0.369. The first-order valence-electron chi connectivity index (χ1n) is 8.90. The molecule has 2 aromatic rings. The first-order valence-corrected chi connectivity index (χ1v) is 10.8. The zero-order chi connectivity index (χ0) is 19.7. The van der Waals surface area contributed by atoms with Crippen molar-refractivity contribution < 1.29 is 17.9 Å². The van der Waals surface area contributed by atoms with E-state index in [0.29, 0.717) is 17.9 Å². The number of anilines is 1. The number of carbonyl (C=O) groups excluding carboxylic acids is 1. The zero-order valence-corrected chi connectivity index (χ0v) is 16.5. The van der Waals surface area contributed by atoms with Crippen LogP contribution >= 0.6 is 0 Å². The molecule has 0 saturated carbocycles. The van der Waals surface area contributed by atoms with Gasteiger partial charge in [-0.25, -0.2) is 8.42 Å². The van der Waals surface area contributed by atoms with E-state index in [-0.39, 0.29) is 5.78 Å². The second kappa shape index (κ2) is 9.92. The second-order valence-electron chi connectivity index (χ2n) is 6.27. The minimum absolute atomic E-state index is 0.152. The summed E-state index contributed by atoms with van der Waals surface area (Å²) in [6.07, 6.45) is 7.69. The molecule has 27 heavy (non-hydrogen) atoms. The first-order chi connectivity index (χ1) is 12.9. The smallest absolute Gasteiger partial charge is 0.229 e. The highest BCUT2D eigenvalue weighted by Crippen LogP contribution is 2.15. The Labute approximate surface area is 161 Å². The molecule has 0 unspecified atom stereocenters. The molecule has 0 aliphatic carbocycles. The fourth-order valence-corrected chi connectivity index (χ4v) is 2.97. The summed E-state index contributed by atoms with van der Waals surface area (Å²) in [4.78, 5) is 12.2. The van der Waals surface area contributed by atoms with Gasteiger partial charge in [-0.2, -0.15) is 0 Å². The summed E-state index contributed by atoms with van der Waals surface area (Å²) < 4.78 is 30.4. The molecule has 0 bridgehead atoms. The van der Waals surface area contributed by atoms with Gasteiger partial charge in [0, 0.05) is 11.3 Å². The van der Waals surface area contributed by atoms with Gasteiger partial charge in [0.15, 0.2) is 5.78 Å². The Bertz CT molecular complexity index is 869. The van der Waals surface area contributed by atoms with E-state index >= 15 is 0 Å². The Morgan fingerprint density at radius 3 is 2.30 bits per heavy atom. The number of rotatable bonds is 10. The minimum atomic E-state index is -3.33. The number of carbonyl (C=O) groups is 1. The summed E-state index contributed by atoms with van der Waals surface area (Å²) >= 11 is 0. The van der Waals surface area contributed by atoms with E-state index < -0.39 is 10.0 Å². The maximum atomic E-state index is 12.2. The highest BCUT2D eigenvalue weighted by atomic mass is 32.2. The van der Waals surface area contributed by atoms with Crippen LogP contribution in [0.2, 0.25) is 0 Å². The van der Waals surface area contributed by atoms with E-state index in [2.05, 4.69) is 11.6 Å². The van der Waals surface area contributed by atoms with Crippen molar-refractivity contribution in [3.8, 4) is 5.75 Å². The van der Waals surface area contributed by atoms with Crippen LogP contribution in [0, 0.1) is 0 Å². The number of allylic oxidation sites excluding steroid dienone is 1. The van der Waals surface area contributed by atoms with Crippen molar-refractivity contribution in [2.75, 3.05) is 17.6 Å². The molecule has 2 aromatic carbocycles. The highest BCUT2D eigenvalue weighted by Gasteiger charge is 2.05. The second-order valence-corrected chi connectivity index (χ2v) is 8.02. The molecule has 5 nitrogen and oxygen atoms in total. The molecule has 0 amide bonds. The Morgan fingerprint density at radius 2 is 1.70 bits per heavy atom. The van der Waals surface area contributed by atoms with E-state index in [1.165, 1.54) is 6.08 Å². The first kappa shape index (κ1) is 20.7. The largest absolute Gasteiger partial charge is 0.494 e. The Balaban J connectivity index is 1.92. The number of hydrogen-bond acceptors (Lipinski definition) is 4. The predicted octanol–water partition coefficient (Wildman–Crippen LogP) is 4.52. The number of nitrogens with one attached hydrogen (secondary N) is 1. The number of unbranched alkanes of at least 4 members (excludes halogenated alkanes) is 2. The van der Waals surface area contributed by atoms with Gasteiger partial charge in [0.25, 0.3) is 0 Å². The molecule has 144 valence electrons. The fourth-order valence-electron chi connectivity index (χ4n) is 2.40. The predicted molar refractivity (Wildman–Crippen MR) is 110 cm³/mol. The van der Waals surface area contributed by atoms with Crippen molar-refractivity contribution in [2.45, 2.75) is 26.2 Å². The third kappa shape index (κ3) is 7.66. The number of benzene rings is 2. The number of ether oxygens (including phenoxy) is 1. The maximum absolute atomic E-state index is 12.2. The number of sulfonamides is 1. The van der Waals surface area contributed by atoms with Gasteiger partial charge >= 0.3 is 0 Å². The molecule has 0 atom stereocenters. The molecule has 0 fully saturated rings. The van der Waals surface area contributed by atoms with Crippen LogP contribution in [0.5, 0.6) is 5.75 Å². The summed E-state index contributed by atoms with van der Waals surface area (Å²) in [5.74, 6) is 0.671. The van der Waals surface area contributed by atoms with Gasteiger partial charge in [-0.1, -0.05) is 38.0 Å². The van der Waals surface area contributed by atoms with Gasteiger partial charge in [0.05, 0.1) is 12.9 Å². The van der Waals surface area contributed by atoms with Gasteiger partial charge in [0.1, 0.15) is 5.75 Å². The van der Waals surface area contributed by atoms with E-state index in [1.54, 1.807) is 30.3 Å². The van der Waals surface area contributed by atoms with Crippen molar-refractivity contribution in [1.82, 2.24) is 0 Å². The van der Waals surface area contributed by atoms with Gasteiger partial charge < -0.3 is 4.74 Å². The van der Waals surface area contributed by atoms with Gasteiger partial charge in [0.2, 0.25) is 10.0 Å². The lowest BCUT2D eigenvalue weighted by Gasteiger charge is -2.05. The van der Waals surface area contributed by atoms with Crippen LogP contribution in [0.25, 0.3) is 6.08 Å². The summed E-state index contributed by atoms with van der Waals surface area (Å²) in [7, 11) is -3.33. The van der Waals surface area contributed by atoms with Gasteiger partial charge in [-0.05, 0) is 54.5 Å². The van der Waals surface area contributed by atoms with Gasteiger partial charge in [-0.15, -0.1) is 0 Å². The molecule has 6 heteroatoms.